The number of hydrogen-bond donors (Lipinski definition) is 2. The molecule has 0 aliphatic heterocycles. The molecule has 0 aliphatic carbocycles. The summed E-state index contributed by atoms with van der Waals surface area (Å²) < 4.78 is 0. The standard InChI is InChI=1S/C15H13N5O2/c21-20(22)14-2-1-8-16-15(14)17-10-11-3-5-12(6-4-11)13-7-9-18-19-13/h1-9H,10H2,(H,16,17)(H,18,19). The molecule has 22 heavy (non-hydrogen) atoms. The van der Waals surface area contributed by atoms with E-state index in [-0.39, 0.29) is 11.5 Å². The lowest BCUT2D eigenvalue weighted by Crippen LogP contribution is -2.04. The molecule has 3 rings (SSSR count). The van der Waals surface area contributed by atoms with Crippen molar-refractivity contribution in [3.63, 3.8) is 0 Å². The molecule has 0 atom stereocenters. The van der Waals surface area contributed by atoms with Crippen molar-refractivity contribution in [3.05, 3.63) is 70.5 Å². The van der Waals surface area contributed by atoms with E-state index < -0.39 is 4.92 Å². The third kappa shape index (κ3) is 2.93. The van der Waals surface area contributed by atoms with Gasteiger partial charge in [-0.15, -0.1) is 0 Å². The van der Waals surface area contributed by atoms with Crippen LogP contribution in [0.1, 0.15) is 5.56 Å². The van der Waals surface area contributed by atoms with Gasteiger partial charge in [-0.2, -0.15) is 5.10 Å². The Morgan fingerprint density at radius 2 is 1.95 bits per heavy atom. The fraction of sp³-hybridized carbons (Fsp3) is 0.0667. The van der Waals surface area contributed by atoms with Crippen LogP contribution in [0.3, 0.4) is 0 Å². The molecule has 7 nitrogen and oxygen atoms in total. The first kappa shape index (κ1) is 13.7. The summed E-state index contributed by atoms with van der Waals surface area (Å²) in [5.74, 6) is 0.269. The molecular formula is C15H13N5O2. The average molecular weight is 295 g/mol. The van der Waals surface area contributed by atoms with E-state index in [9.17, 15) is 10.1 Å². The Bertz CT molecular complexity index is 769. The minimum absolute atomic E-state index is 0.0309. The molecule has 3 aromatic rings. The van der Waals surface area contributed by atoms with Crippen LogP contribution in [-0.2, 0) is 6.54 Å². The number of aromatic amines is 1. The molecular weight excluding hydrogens is 282 g/mol. The summed E-state index contributed by atoms with van der Waals surface area (Å²) in [5.41, 5.74) is 2.95. The SMILES string of the molecule is O=[N+]([O-])c1cccnc1NCc1ccc(-c2ccn[nH]2)cc1. The van der Waals surface area contributed by atoms with Crippen LogP contribution in [0.25, 0.3) is 11.3 Å². The molecule has 0 aliphatic rings. The normalized spacial score (nSPS) is 10.4. The molecule has 110 valence electrons. The van der Waals surface area contributed by atoms with Gasteiger partial charge in [0.05, 0.1) is 10.6 Å². The summed E-state index contributed by atoms with van der Waals surface area (Å²) in [4.78, 5) is 14.5. The maximum absolute atomic E-state index is 10.9. The van der Waals surface area contributed by atoms with Gasteiger partial charge in [0.25, 0.3) is 0 Å². The molecule has 2 N–H and O–H groups in total. The van der Waals surface area contributed by atoms with Crippen LogP contribution in [0.4, 0.5) is 11.5 Å². The summed E-state index contributed by atoms with van der Waals surface area (Å²) in [7, 11) is 0. The molecule has 0 saturated carbocycles. The van der Waals surface area contributed by atoms with Crippen molar-refractivity contribution in [2.75, 3.05) is 5.32 Å². The summed E-state index contributed by atoms with van der Waals surface area (Å²) in [5, 5.41) is 20.7. The first-order valence-electron chi connectivity index (χ1n) is 6.66. The molecule has 0 unspecified atom stereocenters. The van der Waals surface area contributed by atoms with Crippen molar-refractivity contribution in [3.8, 4) is 11.3 Å². The predicted molar refractivity (Wildman–Crippen MR) is 82.2 cm³/mol. The zero-order valence-corrected chi connectivity index (χ0v) is 11.6. The number of nitro groups is 1. The Labute approximate surface area is 126 Å². The Morgan fingerprint density at radius 3 is 2.64 bits per heavy atom. The smallest absolute Gasteiger partial charge is 0.311 e. The minimum atomic E-state index is -0.448. The lowest BCUT2D eigenvalue weighted by Gasteiger charge is -2.06. The third-order valence-electron chi connectivity index (χ3n) is 3.21. The maximum atomic E-state index is 10.9. The van der Waals surface area contributed by atoms with E-state index in [0.29, 0.717) is 6.54 Å². The number of nitrogens with zero attached hydrogens (tertiary/aromatic N) is 3. The number of benzene rings is 1. The highest BCUT2D eigenvalue weighted by atomic mass is 16.6. The van der Waals surface area contributed by atoms with E-state index in [4.69, 9.17) is 0 Å². The van der Waals surface area contributed by atoms with E-state index in [2.05, 4.69) is 20.5 Å². The van der Waals surface area contributed by atoms with Crippen molar-refractivity contribution in [1.82, 2.24) is 15.2 Å². The van der Waals surface area contributed by atoms with E-state index in [1.165, 1.54) is 12.3 Å². The topological polar surface area (TPSA) is 96.7 Å². The van der Waals surface area contributed by atoms with Gasteiger partial charge in [0.1, 0.15) is 0 Å². The van der Waals surface area contributed by atoms with Crippen LogP contribution in [0, 0.1) is 10.1 Å². The number of hydrogen-bond acceptors (Lipinski definition) is 5. The van der Waals surface area contributed by atoms with Gasteiger partial charge in [0.15, 0.2) is 0 Å². The van der Waals surface area contributed by atoms with Gasteiger partial charge >= 0.3 is 5.69 Å². The van der Waals surface area contributed by atoms with Crippen molar-refractivity contribution in [2.45, 2.75) is 6.54 Å². The molecule has 0 saturated heterocycles. The second kappa shape index (κ2) is 6.04. The Kier molecular flexibility index (Phi) is 3.78. The molecule has 0 amide bonds. The van der Waals surface area contributed by atoms with Gasteiger partial charge in [0, 0.05) is 25.0 Å². The van der Waals surface area contributed by atoms with Gasteiger partial charge in [-0.3, -0.25) is 15.2 Å². The molecule has 0 radical (unpaired) electrons. The summed E-state index contributed by atoms with van der Waals surface area (Å²) >= 11 is 0. The number of rotatable bonds is 5. The van der Waals surface area contributed by atoms with Crippen LogP contribution in [0.5, 0.6) is 0 Å². The van der Waals surface area contributed by atoms with Gasteiger partial charge in [-0.25, -0.2) is 4.98 Å². The van der Waals surface area contributed by atoms with Gasteiger partial charge in [-0.05, 0) is 23.3 Å². The predicted octanol–water partition coefficient (Wildman–Crippen LogP) is 2.99. The zero-order valence-electron chi connectivity index (χ0n) is 11.6. The summed E-state index contributed by atoms with van der Waals surface area (Å²) in [6.45, 7) is 0.459. The van der Waals surface area contributed by atoms with Gasteiger partial charge in [0.2, 0.25) is 5.82 Å². The molecule has 1 aromatic carbocycles. The molecule has 0 spiro atoms. The summed E-state index contributed by atoms with van der Waals surface area (Å²) in [6, 6.07) is 12.7. The van der Waals surface area contributed by atoms with Crippen molar-refractivity contribution in [1.29, 1.82) is 0 Å². The van der Waals surface area contributed by atoms with Crippen LogP contribution >= 0.6 is 0 Å². The van der Waals surface area contributed by atoms with Crippen molar-refractivity contribution < 1.29 is 4.92 Å². The largest absolute Gasteiger partial charge is 0.360 e. The van der Waals surface area contributed by atoms with Crippen molar-refractivity contribution >= 4 is 11.5 Å². The second-order valence-electron chi connectivity index (χ2n) is 4.65. The summed E-state index contributed by atoms with van der Waals surface area (Å²) in [6.07, 6.45) is 3.22. The lowest BCUT2D eigenvalue weighted by molar-refractivity contribution is -0.384. The first-order valence-corrected chi connectivity index (χ1v) is 6.66. The number of H-pyrrole nitrogens is 1. The van der Waals surface area contributed by atoms with E-state index >= 15 is 0 Å². The number of aromatic nitrogens is 3. The quantitative estimate of drug-likeness (QED) is 0.557. The third-order valence-corrected chi connectivity index (χ3v) is 3.21. The van der Waals surface area contributed by atoms with Gasteiger partial charge < -0.3 is 5.32 Å². The molecule has 2 aromatic heterocycles. The maximum Gasteiger partial charge on any atom is 0.311 e. The van der Waals surface area contributed by atoms with Crippen LogP contribution in [0.15, 0.2) is 54.9 Å². The monoisotopic (exact) mass is 295 g/mol. The molecule has 2 heterocycles. The molecule has 7 heteroatoms. The Morgan fingerprint density at radius 1 is 1.14 bits per heavy atom. The Balaban J connectivity index is 1.71. The van der Waals surface area contributed by atoms with Gasteiger partial charge in [-0.1, -0.05) is 24.3 Å². The fourth-order valence-electron chi connectivity index (χ4n) is 2.08. The number of anilines is 1. The Hall–Kier alpha value is -3.22. The van der Waals surface area contributed by atoms with Crippen LogP contribution in [0.2, 0.25) is 0 Å². The van der Waals surface area contributed by atoms with E-state index in [0.717, 1.165) is 16.8 Å². The first-order chi connectivity index (χ1) is 10.7. The minimum Gasteiger partial charge on any atom is -0.360 e. The molecule has 0 fully saturated rings. The second-order valence-corrected chi connectivity index (χ2v) is 4.65. The number of pyridine rings is 1. The highest BCUT2D eigenvalue weighted by Crippen LogP contribution is 2.21. The average Bonchev–Trinajstić information content (AvgIpc) is 3.08. The highest BCUT2D eigenvalue weighted by molar-refractivity contribution is 5.59. The van der Waals surface area contributed by atoms with Crippen LogP contribution in [-0.4, -0.2) is 20.1 Å². The molecule has 0 bridgehead atoms. The van der Waals surface area contributed by atoms with Crippen molar-refractivity contribution in [2.24, 2.45) is 0 Å². The van der Waals surface area contributed by atoms with E-state index in [1.54, 1.807) is 12.3 Å². The fourth-order valence-corrected chi connectivity index (χ4v) is 2.08. The van der Waals surface area contributed by atoms with E-state index in [1.807, 2.05) is 30.3 Å². The lowest BCUT2D eigenvalue weighted by atomic mass is 10.1. The number of nitrogens with one attached hydrogen (secondary N) is 2. The van der Waals surface area contributed by atoms with Crippen LogP contribution < -0.4 is 5.32 Å². The highest BCUT2D eigenvalue weighted by Gasteiger charge is 2.13. The zero-order chi connectivity index (χ0) is 15.4.